The number of amides is 1. The van der Waals surface area contributed by atoms with Crippen molar-refractivity contribution >= 4 is 61.9 Å². The molecule has 2 nitrogen and oxygen atoms in total. The van der Waals surface area contributed by atoms with Crippen molar-refractivity contribution in [3.05, 3.63) is 69.0 Å². The first-order chi connectivity index (χ1) is 12.1. The van der Waals surface area contributed by atoms with Gasteiger partial charge in [-0.2, -0.15) is 0 Å². The summed E-state index contributed by atoms with van der Waals surface area (Å²) in [6.07, 6.45) is 5.31. The van der Waals surface area contributed by atoms with Gasteiger partial charge in [-0.05, 0) is 54.3 Å². The maximum atomic E-state index is 12.8. The van der Waals surface area contributed by atoms with E-state index in [2.05, 4.69) is 35.0 Å². The molecule has 0 atom stereocenters. The minimum absolute atomic E-state index is 0.0563. The number of anilines is 1. The lowest BCUT2D eigenvalue weighted by molar-refractivity contribution is -0.113. The zero-order valence-electron chi connectivity index (χ0n) is 13.9. The first kappa shape index (κ1) is 18.4. The highest BCUT2D eigenvalue weighted by atomic mass is 79.9. The number of thiocarbonyl (C=S) groups is 1. The van der Waals surface area contributed by atoms with Crippen LogP contribution in [0.15, 0.2) is 57.9 Å². The van der Waals surface area contributed by atoms with E-state index in [9.17, 15) is 4.79 Å². The Morgan fingerprint density at radius 2 is 1.80 bits per heavy atom. The quantitative estimate of drug-likeness (QED) is 0.415. The standard InChI is InChI=1S/C20H18BrNOS2/c1-2-3-4-14-7-11-17(12-8-14)22-19(23)18(25-20(22)24)13-15-5-9-16(21)10-6-15/h5-13H,2-4H2,1H3. The third-order valence-corrected chi connectivity index (χ3v) is 5.81. The van der Waals surface area contributed by atoms with Crippen LogP contribution in [0.2, 0.25) is 0 Å². The van der Waals surface area contributed by atoms with E-state index < -0.39 is 0 Å². The summed E-state index contributed by atoms with van der Waals surface area (Å²) in [6.45, 7) is 2.19. The molecular weight excluding hydrogens is 414 g/mol. The first-order valence-corrected chi connectivity index (χ1v) is 10.2. The molecule has 25 heavy (non-hydrogen) atoms. The molecule has 3 rings (SSSR count). The van der Waals surface area contributed by atoms with Crippen LogP contribution in [0.4, 0.5) is 5.69 Å². The molecule has 0 radical (unpaired) electrons. The van der Waals surface area contributed by atoms with Crippen molar-refractivity contribution < 1.29 is 4.79 Å². The highest BCUT2D eigenvalue weighted by molar-refractivity contribution is 9.10. The smallest absolute Gasteiger partial charge is 0.268 e. The van der Waals surface area contributed by atoms with Crippen LogP contribution in [0.1, 0.15) is 30.9 Å². The van der Waals surface area contributed by atoms with Crippen LogP contribution in [0.25, 0.3) is 6.08 Å². The Kier molecular flexibility index (Phi) is 6.10. The van der Waals surface area contributed by atoms with E-state index in [1.165, 1.54) is 30.2 Å². The van der Waals surface area contributed by atoms with Crippen LogP contribution in [-0.2, 0) is 11.2 Å². The van der Waals surface area contributed by atoms with Gasteiger partial charge in [0.05, 0.1) is 10.6 Å². The van der Waals surface area contributed by atoms with Crippen LogP contribution in [-0.4, -0.2) is 10.2 Å². The molecule has 1 saturated heterocycles. The number of benzene rings is 2. The number of nitrogens with zero attached hydrogens (tertiary/aromatic N) is 1. The molecule has 0 spiro atoms. The maximum Gasteiger partial charge on any atom is 0.270 e. The van der Waals surface area contributed by atoms with E-state index in [0.717, 1.165) is 22.1 Å². The SMILES string of the molecule is CCCCc1ccc(N2C(=O)C(=Cc3ccc(Br)cc3)SC2=S)cc1. The van der Waals surface area contributed by atoms with Crippen LogP contribution in [0.5, 0.6) is 0 Å². The Hall–Kier alpha value is -1.43. The molecule has 1 fully saturated rings. The summed E-state index contributed by atoms with van der Waals surface area (Å²) in [5.41, 5.74) is 3.11. The number of thioether (sulfide) groups is 1. The van der Waals surface area contributed by atoms with Gasteiger partial charge in [0.15, 0.2) is 4.32 Å². The average molecular weight is 432 g/mol. The number of rotatable bonds is 5. The van der Waals surface area contributed by atoms with E-state index >= 15 is 0 Å². The van der Waals surface area contributed by atoms with Crippen molar-refractivity contribution in [2.24, 2.45) is 0 Å². The van der Waals surface area contributed by atoms with Crippen LogP contribution in [0.3, 0.4) is 0 Å². The highest BCUT2D eigenvalue weighted by Crippen LogP contribution is 2.36. The number of hydrogen-bond acceptors (Lipinski definition) is 3. The summed E-state index contributed by atoms with van der Waals surface area (Å²) >= 11 is 10.2. The topological polar surface area (TPSA) is 20.3 Å². The predicted octanol–water partition coefficient (Wildman–Crippen LogP) is 6.20. The van der Waals surface area contributed by atoms with Gasteiger partial charge in [-0.15, -0.1) is 0 Å². The molecule has 0 unspecified atom stereocenters. The van der Waals surface area contributed by atoms with E-state index in [1.807, 2.05) is 42.5 Å². The lowest BCUT2D eigenvalue weighted by Gasteiger charge is -2.15. The van der Waals surface area contributed by atoms with Crippen LogP contribution < -0.4 is 4.90 Å². The molecular formula is C20H18BrNOS2. The summed E-state index contributed by atoms with van der Waals surface area (Å²) in [5.74, 6) is -0.0563. The number of hydrogen-bond donors (Lipinski definition) is 0. The summed E-state index contributed by atoms with van der Waals surface area (Å²) in [4.78, 5) is 15.1. The second kappa shape index (κ2) is 8.30. The number of carbonyl (C=O) groups excluding carboxylic acids is 1. The van der Waals surface area contributed by atoms with Crippen molar-refractivity contribution in [1.29, 1.82) is 0 Å². The van der Waals surface area contributed by atoms with E-state index in [-0.39, 0.29) is 5.91 Å². The molecule has 0 aromatic heterocycles. The summed E-state index contributed by atoms with van der Waals surface area (Å²) in [7, 11) is 0. The Morgan fingerprint density at radius 3 is 2.44 bits per heavy atom. The zero-order chi connectivity index (χ0) is 17.8. The van der Waals surface area contributed by atoms with Gasteiger partial charge < -0.3 is 0 Å². The number of aryl methyl sites for hydroxylation is 1. The van der Waals surface area contributed by atoms with Crippen molar-refractivity contribution in [2.45, 2.75) is 26.2 Å². The second-order valence-electron chi connectivity index (χ2n) is 5.84. The molecule has 128 valence electrons. The molecule has 1 heterocycles. The molecule has 0 bridgehead atoms. The Morgan fingerprint density at radius 1 is 1.12 bits per heavy atom. The lowest BCUT2D eigenvalue weighted by Crippen LogP contribution is -2.27. The zero-order valence-corrected chi connectivity index (χ0v) is 17.1. The molecule has 0 N–H and O–H groups in total. The molecule has 1 amide bonds. The summed E-state index contributed by atoms with van der Waals surface area (Å²) in [5, 5.41) is 0. The Bertz CT molecular complexity index is 813. The fourth-order valence-electron chi connectivity index (χ4n) is 2.59. The van der Waals surface area contributed by atoms with Gasteiger partial charge >= 0.3 is 0 Å². The molecule has 5 heteroatoms. The van der Waals surface area contributed by atoms with Gasteiger partial charge in [0.2, 0.25) is 0 Å². The molecule has 2 aromatic carbocycles. The monoisotopic (exact) mass is 431 g/mol. The lowest BCUT2D eigenvalue weighted by atomic mass is 10.1. The van der Waals surface area contributed by atoms with Crippen LogP contribution in [0, 0.1) is 0 Å². The fourth-order valence-corrected chi connectivity index (χ4v) is 4.16. The number of carbonyl (C=O) groups is 1. The third-order valence-electron chi connectivity index (χ3n) is 3.98. The highest BCUT2D eigenvalue weighted by Gasteiger charge is 2.33. The van der Waals surface area contributed by atoms with Gasteiger partial charge in [-0.3, -0.25) is 9.69 Å². The second-order valence-corrected chi connectivity index (χ2v) is 8.43. The Labute approximate surface area is 166 Å². The molecule has 1 aliphatic heterocycles. The van der Waals surface area contributed by atoms with Crippen molar-refractivity contribution in [3.63, 3.8) is 0 Å². The van der Waals surface area contributed by atoms with Crippen molar-refractivity contribution in [2.75, 3.05) is 4.90 Å². The number of unbranched alkanes of at least 4 members (excludes halogenated alkanes) is 1. The Balaban J connectivity index is 1.80. The van der Waals surface area contributed by atoms with Gasteiger partial charge in [-0.1, -0.05) is 77.5 Å². The summed E-state index contributed by atoms with van der Waals surface area (Å²) in [6, 6.07) is 16.0. The maximum absolute atomic E-state index is 12.8. The average Bonchev–Trinajstić information content (AvgIpc) is 2.89. The van der Waals surface area contributed by atoms with Gasteiger partial charge in [0.25, 0.3) is 5.91 Å². The van der Waals surface area contributed by atoms with Gasteiger partial charge in [0.1, 0.15) is 0 Å². The number of halogens is 1. The van der Waals surface area contributed by atoms with Crippen LogP contribution >= 0.6 is 39.9 Å². The van der Waals surface area contributed by atoms with E-state index in [4.69, 9.17) is 12.2 Å². The molecule has 0 saturated carbocycles. The summed E-state index contributed by atoms with van der Waals surface area (Å²) < 4.78 is 1.59. The van der Waals surface area contributed by atoms with Gasteiger partial charge in [-0.25, -0.2) is 0 Å². The largest absolute Gasteiger partial charge is 0.270 e. The van der Waals surface area contributed by atoms with E-state index in [0.29, 0.717) is 9.23 Å². The minimum Gasteiger partial charge on any atom is -0.268 e. The molecule has 1 aliphatic rings. The van der Waals surface area contributed by atoms with Crippen molar-refractivity contribution in [1.82, 2.24) is 0 Å². The molecule has 2 aromatic rings. The predicted molar refractivity (Wildman–Crippen MR) is 115 cm³/mol. The minimum atomic E-state index is -0.0563. The normalized spacial score (nSPS) is 16.1. The third kappa shape index (κ3) is 4.40. The van der Waals surface area contributed by atoms with Crippen molar-refractivity contribution in [3.8, 4) is 0 Å². The molecule has 0 aliphatic carbocycles. The first-order valence-electron chi connectivity index (χ1n) is 8.21. The fraction of sp³-hybridized carbons (Fsp3) is 0.200. The van der Waals surface area contributed by atoms with E-state index in [1.54, 1.807) is 4.90 Å². The van der Waals surface area contributed by atoms with Gasteiger partial charge in [0, 0.05) is 4.47 Å².